The van der Waals surface area contributed by atoms with Gasteiger partial charge in [0.05, 0.1) is 37.2 Å². The Morgan fingerprint density at radius 3 is 3.00 bits per heavy atom. The zero-order chi connectivity index (χ0) is 17.8. The van der Waals surface area contributed by atoms with Crippen LogP contribution in [-0.4, -0.2) is 57.6 Å². The standard InChI is InChI=1S/C19H25N3O3/c1-12(2)15-11-25-19-6-8-21(16(19)10-18(24)22(15)19)17(23)9-14-13(3)5-4-7-20-14/h4-5,7,12,15-16H,6,8-11H2,1-3H3/t15-,16+,19-/m0/s1. The molecule has 3 aliphatic rings. The van der Waals surface area contributed by atoms with Crippen molar-refractivity contribution in [2.24, 2.45) is 5.92 Å². The Morgan fingerprint density at radius 1 is 1.48 bits per heavy atom. The molecule has 0 aromatic carbocycles. The molecule has 0 aliphatic carbocycles. The molecule has 134 valence electrons. The van der Waals surface area contributed by atoms with Gasteiger partial charge < -0.3 is 14.5 Å². The zero-order valence-corrected chi connectivity index (χ0v) is 15.1. The van der Waals surface area contributed by atoms with Gasteiger partial charge in [0.1, 0.15) is 0 Å². The Morgan fingerprint density at radius 2 is 2.28 bits per heavy atom. The number of nitrogens with zero attached hydrogens (tertiary/aromatic N) is 3. The normalized spacial score (nSPS) is 31.0. The topological polar surface area (TPSA) is 62.7 Å². The van der Waals surface area contributed by atoms with Gasteiger partial charge in [-0.05, 0) is 24.5 Å². The van der Waals surface area contributed by atoms with Crippen LogP contribution in [0.5, 0.6) is 0 Å². The second-order valence-corrected chi connectivity index (χ2v) is 7.73. The number of hydrogen-bond acceptors (Lipinski definition) is 4. The smallest absolute Gasteiger partial charge is 0.229 e. The van der Waals surface area contributed by atoms with Crippen LogP contribution >= 0.6 is 0 Å². The largest absolute Gasteiger partial charge is 0.351 e. The van der Waals surface area contributed by atoms with E-state index < -0.39 is 5.72 Å². The summed E-state index contributed by atoms with van der Waals surface area (Å²) in [4.78, 5) is 33.7. The Bertz CT molecular complexity index is 720. The molecule has 3 fully saturated rings. The van der Waals surface area contributed by atoms with Crippen LogP contribution in [0.3, 0.4) is 0 Å². The molecule has 3 atom stereocenters. The van der Waals surface area contributed by atoms with Crippen molar-refractivity contribution in [3.8, 4) is 0 Å². The predicted molar refractivity (Wildman–Crippen MR) is 91.6 cm³/mol. The summed E-state index contributed by atoms with van der Waals surface area (Å²) in [5.41, 5.74) is 1.23. The van der Waals surface area contributed by atoms with Crippen molar-refractivity contribution >= 4 is 11.8 Å². The summed E-state index contributed by atoms with van der Waals surface area (Å²) in [6.07, 6.45) is 3.08. The lowest BCUT2D eigenvalue weighted by Gasteiger charge is -2.34. The molecule has 4 heterocycles. The van der Waals surface area contributed by atoms with Gasteiger partial charge in [0, 0.05) is 19.2 Å². The molecule has 4 rings (SSSR count). The van der Waals surface area contributed by atoms with Crippen LogP contribution in [0, 0.1) is 12.8 Å². The third-order valence-corrected chi connectivity index (χ3v) is 6.01. The van der Waals surface area contributed by atoms with Crippen molar-refractivity contribution in [1.29, 1.82) is 0 Å². The molecule has 6 nitrogen and oxygen atoms in total. The number of pyridine rings is 1. The average molecular weight is 343 g/mol. The highest BCUT2D eigenvalue weighted by molar-refractivity contribution is 5.85. The van der Waals surface area contributed by atoms with E-state index >= 15 is 0 Å². The third-order valence-electron chi connectivity index (χ3n) is 6.01. The van der Waals surface area contributed by atoms with E-state index in [-0.39, 0.29) is 30.3 Å². The van der Waals surface area contributed by atoms with Crippen molar-refractivity contribution in [3.05, 3.63) is 29.6 Å². The van der Waals surface area contributed by atoms with Gasteiger partial charge in [0.15, 0.2) is 5.72 Å². The number of aromatic nitrogens is 1. The quantitative estimate of drug-likeness (QED) is 0.835. The predicted octanol–water partition coefficient (Wildman–Crippen LogP) is 1.52. The lowest BCUT2D eigenvalue weighted by atomic mass is 10.0. The monoisotopic (exact) mass is 343 g/mol. The van der Waals surface area contributed by atoms with E-state index in [4.69, 9.17) is 4.74 Å². The van der Waals surface area contributed by atoms with Gasteiger partial charge in [0.2, 0.25) is 11.8 Å². The number of carbonyl (C=O) groups is 2. The van der Waals surface area contributed by atoms with Crippen LogP contribution < -0.4 is 0 Å². The van der Waals surface area contributed by atoms with Gasteiger partial charge in [-0.1, -0.05) is 19.9 Å². The van der Waals surface area contributed by atoms with E-state index in [1.54, 1.807) is 6.20 Å². The fraction of sp³-hybridized carbons (Fsp3) is 0.632. The van der Waals surface area contributed by atoms with Crippen molar-refractivity contribution in [2.45, 2.75) is 57.8 Å². The molecule has 0 bridgehead atoms. The minimum atomic E-state index is -0.596. The Labute approximate surface area is 148 Å². The van der Waals surface area contributed by atoms with Crippen LogP contribution in [0.15, 0.2) is 18.3 Å². The Hall–Kier alpha value is -1.95. The highest BCUT2D eigenvalue weighted by Gasteiger charge is 2.65. The maximum absolute atomic E-state index is 12.9. The maximum atomic E-state index is 12.9. The molecule has 3 aliphatic heterocycles. The first-order valence-electron chi connectivity index (χ1n) is 9.10. The SMILES string of the molecule is Cc1cccnc1CC(=O)N1CC[C@@]23OC[C@@H](C(C)C)N2C(=O)C[C@@H]13. The van der Waals surface area contributed by atoms with Crippen LogP contribution in [0.4, 0.5) is 0 Å². The summed E-state index contributed by atoms with van der Waals surface area (Å²) in [5.74, 6) is 0.505. The highest BCUT2D eigenvalue weighted by Crippen LogP contribution is 2.48. The van der Waals surface area contributed by atoms with E-state index in [1.807, 2.05) is 28.9 Å². The fourth-order valence-corrected chi connectivity index (χ4v) is 4.62. The van der Waals surface area contributed by atoms with Gasteiger partial charge in [-0.15, -0.1) is 0 Å². The van der Waals surface area contributed by atoms with Gasteiger partial charge in [-0.25, -0.2) is 0 Å². The van der Waals surface area contributed by atoms with Crippen LogP contribution in [0.1, 0.15) is 37.9 Å². The second kappa shape index (κ2) is 5.80. The molecular formula is C19H25N3O3. The molecule has 2 amide bonds. The van der Waals surface area contributed by atoms with E-state index in [2.05, 4.69) is 18.8 Å². The van der Waals surface area contributed by atoms with Gasteiger partial charge in [-0.3, -0.25) is 14.6 Å². The molecule has 0 radical (unpaired) electrons. The van der Waals surface area contributed by atoms with Crippen molar-refractivity contribution < 1.29 is 14.3 Å². The molecule has 0 unspecified atom stereocenters. The number of carbonyl (C=O) groups excluding carboxylic acids is 2. The van der Waals surface area contributed by atoms with Gasteiger partial charge >= 0.3 is 0 Å². The molecular weight excluding hydrogens is 318 g/mol. The minimum Gasteiger partial charge on any atom is -0.351 e. The van der Waals surface area contributed by atoms with Crippen LogP contribution in [0.25, 0.3) is 0 Å². The number of likely N-dealkylation sites (tertiary alicyclic amines) is 1. The van der Waals surface area contributed by atoms with Gasteiger partial charge in [-0.2, -0.15) is 0 Å². The zero-order valence-electron chi connectivity index (χ0n) is 15.1. The molecule has 6 heteroatoms. The Balaban J connectivity index is 1.56. The third kappa shape index (κ3) is 2.38. The Kier molecular flexibility index (Phi) is 3.83. The summed E-state index contributed by atoms with van der Waals surface area (Å²) in [6, 6.07) is 3.79. The summed E-state index contributed by atoms with van der Waals surface area (Å²) < 4.78 is 6.18. The fourth-order valence-electron chi connectivity index (χ4n) is 4.62. The summed E-state index contributed by atoms with van der Waals surface area (Å²) >= 11 is 0. The number of hydrogen-bond donors (Lipinski definition) is 0. The lowest BCUT2D eigenvalue weighted by Crippen LogP contribution is -2.51. The van der Waals surface area contributed by atoms with Crippen LogP contribution in [-0.2, 0) is 20.7 Å². The molecule has 0 N–H and O–H groups in total. The second-order valence-electron chi connectivity index (χ2n) is 7.73. The van der Waals surface area contributed by atoms with Crippen molar-refractivity contribution in [1.82, 2.24) is 14.8 Å². The summed E-state index contributed by atoms with van der Waals surface area (Å²) in [7, 11) is 0. The first-order valence-corrected chi connectivity index (χ1v) is 9.10. The van der Waals surface area contributed by atoms with E-state index in [1.165, 1.54) is 0 Å². The molecule has 25 heavy (non-hydrogen) atoms. The van der Waals surface area contributed by atoms with Crippen molar-refractivity contribution in [3.63, 3.8) is 0 Å². The minimum absolute atomic E-state index is 0.0370. The van der Waals surface area contributed by atoms with Gasteiger partial charge in [0.25, 0.3) is 0 Å². The molecule has 1 aromatic heterocycles. The highest BCUT2D eigenvalue weighted by atomic mass is 16.5. The molecule has 1 aromatic rings. The maximum Gasteiger partial charge on any atom is 0.229 e. The van der Waals surface area contributed by atoms with E-state index in [0.29, 0.717) is 31.9 Å². The lowest BCUT2D eigenvalue weighted by molar-refractivity contribution is -0.141. The first kappa shape index (κ1) is 16.5. The van der Waals surface area contributed by atoms with Crippen LogP contribution in [0.2, 0.25) is 0 Å². The number of aryl methyl sites for hydroxylation is 1. The molecule has 0 saturated carbocycles. The first-order chi connectivity index (χ1) is 11.9. The number of amides is 2. The summed E-state index contributed by atoms with van der Waals surface area (Å²) in [6.45, 7) is 7.42. The number of ether oxygens (including phenoxy) is 1. The van der Waals surface area contributed by atoms with E-state index in [9.17, 15) is 9.59 Å². The molecule has 3 saturated heterocycles. The van der Waals surface area contributed by atoms with E-state index in [0.717, 1.165) is 11.3 Å². The molecule has 1 spiro atoms. The summed E-state index contributed by atoms with van der Waals surface area (Å²) in [5, 5.41) is 0. The van der Waals surface area contributed by atoms with Crippen molar-refractivity contribution in [2.75, 3.05) is 13.2 Å². The number of rotatable bonds is 3. The average Bonchev–Trinajstić information content (AvgIpc) is 3.19.